The normalized spacial score (nSPS) is 10.3. The third-order valence-corrected chi connectivity index (χ3v) is 3.07. The lowest BCUT2D eigenvalue weighted by atomic mass is 10.0. The molecule has 0 bridgehead atoms. The van der Waals surface area contributed by atoms with Crippen LogP contribution in [0.4, 0.5) is 14.9 Å². The van der Waals surface area contributed by atoms with Crippen LogP contribution in [-0.4, -0.2) is 6.03 Å². The Labute approximate surface area is 111 Å². The number of hydrogen-bond donors (Lipinski definition) is 2. The summed E-state index contributed by atoms with van der Waals surface area (Å²) in [5.74, 6) is -0.505. The van der Waals surface area contributed by atoms with Gasteiger partial charge in [-0.25, -0.2) is 9.18 Å². The summed E-state index contributed by atoms with van der Waals surface area (Å²) >= 11 is 0. The van der Waals surface area contributed by atoms with E-state index in [1.165, 1.54) is 17.7 Å². The maximum Gasteiger partial charge on any atom is 0.316 e. The number of anilines is 1. The van der Waals surface area contributed by atoms with Crippen molar-refractivity contribution < 1.29 is 9.18 Å². The summed E-state index contributed by atoms with van der Waals surface area (Å²) in [5.41, 5.74) is 9.08. The lowest BCUT2D eigenvalue weighted by Gasteiger charge is -2.08. The van der Waals surface area contributed by atoms with Crippen molar-refractivity contribution in [2.75, 3.05) is 5.32 Å². The van der Waals surface area contributed by atoms with E-state index in [4.69, 9.17) is 5.73 Å². The lowest BCUT2D eigenvalue weighted by molar-refractivity contribution is 0.259. The Morgan fingerprint density at radius 1 is 1.05 bits per heavy atom. The van der Waals surface area contributed by atoms with Gasteiger partial charge in [0.05, 0.1) is 5.69 Å². The molecule has 2 amide bonds. The predicted molar refractivity (Wildman–Crippen MR) is 74.5 cm³/mol. The van der Waals surface area contributed by atoms with E-state index in [0.29, 0.717) is 0 Å². The third-order valence-electron chi connectivity index (χ3n) is 3.07. The molecule has 2 rings (SSSR count). The SMILES string of the molecule is Cc1ccc(-c2ccc(NC(N)=O)c(F)c2)cc1C. The van der Waals surface area contributed by atoms with Gasteiger partial charge in [-0.2, -0.15) is 0 Å². The van der Waals surface area contributed by atoms with Gasteiger partial charge in [-0.15, -0.1) is 0 Å². The number of benzene rings is 2. The Balaban J connectivity index is 2.38. The molecular weight excluding hydrogens is 243 g/mol. The number of primary amides is 1. The first-order valence-electron chi connectivity index (χ1n) is 5.91. The quantitative estimate of drug-likeness (QED) is 0.849. The van der Waals surface area contributed by atoms with Gasteiger partial charge in [0.15, 0.2) is 0 Å². The fourth-order valence-electron chi connectivity index (χ4n) is 1.85. The van der Waals surface area contributed by atoms with Crippen LogP contribution in [0.25, 0.3) is 11.1 Å². The van der Waals surface area contributed by atoms with E-state index in [1.807, 2.05) is 32.0 Å². The van der Waals surface area contributed by atoms with Gasteiger partial charge < -0.3 is 11.1 Å². The van der Waals surface area contributed by atoms with Gasteiger partial charge in [0, 0.05) is 0 Å². The summed E-state index contributed by atoms with van der Waals surface area (Å²) in [6, 6.07) is 9.80. The van der Waals surface area contributed by atoms with Gasteiger partial charge in [-0.05, 0) is 48.2 Å². The van der Waals surface area contributed by atoms with Gasteiger partial charge in [0.25, 0.3) is 0 Å². The molecule has 0 aliphatic carbocycles. The summed E-state index contributed by atoms with van der Waals surface area (Å²) in [4.78, 5) is 10.7. The molecule has 0 saturated carbocycles. The molecule has 4 heteroatoms. The minimum Gasteiger partial charge on any atom is -0.351 e. The molecule has 0 atom stereocenters. The Kier molecular flexibility index (Phi) is 3.51. The standard InChI is InChI=1S/C15H15FN2O/c1-9-3-4-11(7-10(9)2)12-5-6-14(13(16)8-12)18-15(17)19/h3-8H,1-2H3,(H3,17,18,19). The monoisotopic (exact) mass is 258 g/mol. The maximum absolute atomic E-state index is 13.8. The Morgan fingerprint density at radius 3 is 2.26 bits per heavy atom. The number of hydrogen-bond acceptors (Lipinski definition) is 1. The molecule has 2 aromatic carbocycles. The number of rotatable bonds is 2. The zero-order valence-electron chi connectivity index (χ0n) is 10.8. The number of aryl methyl sites for hydroxylation is 2. The van der Waals surface area contributed by atoms with Crippen LogP contribution in [0, 0.1) is 19.7 Å². The molecule has 98 valence electrons. The smallest absolute Gasteiger partial charge is 0.316 e. The van der Waals surface area contributed by atoms with Gasteiger partial charge >= 0.3 is 6.03 Å². The summed E-state index contributed by atoms with van der Waals surface area (Å²) in [7, 11) is 0. The molecule has 0 aliphatic rings. The maximum atomic E-state index is 13.8. The highest BCUT2D eigenvalue weighted by atomic mass is 19.1. The first kappa shape index (κ1) is 13.1. The summed E-state index contributed by atoms with van der Waals surface area (Å²) in [6.45, 7) is 4.04. The van der Waals surface area contributed by atoms with Crippen LogP contribution in [0.15, 0.2) is 36.4 Å². The summed E-state index contributed by atoms with van der Waals surface area (Å²) in [6.07, 6.45) is 0. The van der Waals surface area contributed by atoms with Crippen LogP contribution >= 0.6 is 0 Å². The molecule has 3 nitrogen and oxygen atoms in total. The fourth-order valence-corrected chi connectivity index (χ4v) is 1.85. The zero-order chi connectivity index (χ0) is 14.0. The third kappa shape index (κ3) is 2.91. The van der Waals surface area contributed by atoms with Gasteiger partial charge in [0.2, 0.25) is 0 Å². The molecule has 3 N–H and O–H groups in total. The summed E-state index contributed by atoms with van der Waals surface area (Å²) < 4.78 is 13.8. The molecule has 0 saturated heterocycles. The zero-order valence-corrected chi connectivity index (χ0v) is 10.8. The highest BCUT2D eigenvalue weighted by molar-refractivity contribution is 5.88. The van der Waals surface area contributed by atoms with Crippen molar-refractivity contribution in [3.05, 3.63) is 53.3 Å². The second-order valence-corrected chi connectivity index (χ2v) is 4.48. The molecule has 0 radical (unpaired) electrons. The number of urea groups is 1. The minimum absolute atomic E-state index is 0.0834. The van der Waals surface area contributed by atoms with Crippen molar-refractivity contribution in [1.82, 2.24) is 0 Å². The summed E-state index contributed by atoms with van der Waals surface area (Å²) in [5, 5.41) is 2.24. The second kappa shape index (κ2) is 5.10. The van der Waals surface area contributed by atoms with Crippen molar-refractivity contribution in [2.24, 2.45) is 5.73 Å². The number of nitrogens with two attached hydrogens (primary N) is 1. The second-order valence-electron chi connectivity index (χ2n) is 4.48. The van der Waals surface area contributed by atoms with Crippen LogP contribution in [0.5, 0.6) is 0 Å². The highest BCUT2D eigenvalue weighted by Crippen LogP contribution is 2.25. The predicted octanol–water partition coefficient (Wildman–Crippen LogP) is 3.60. The fraction of sp³-hybridized carbons (Fsp3) is 0.133. The average molecular weight is 258 g/mol. The molecular formula is C15H15FN2O. The number of carbonyl (C=O) groups is 1. The molecule has 0 aliphatic heterocycles. The van der Waals surface area contributed by atoms with E-state index in [1.54, 1.807) is 6.07 Å². The molecule has 0 heterocycles. The van der Waals surface area contributed by atoms with E-state index < -0.39 is 11.8 Å². The van der Waals surface area contributed by atoms with E-state index in [0.717, 1.165) is 16.7 Å². The molecule has 19 heavy (non-hydrogen) atoms. The van der Waals surface area contributed by atoms with Crippen LogP contribution in [0.2, 0.25) is 0 Å². The van der Waals surface area contributed by atoms with Crippen LogP contribution in [0.1, 0.15) is 11.1 Å². The Bertz CT molecular complexity index is 638. The number of nitrogens with one attached hydrogen (secondary N) is 1. The molecule has 0 spiro atoms. The van der Waals surface area contributed by atoms with Crippen LogP contribution in [-0.2, 0) is 0 Å². The number of halogens is 1. The van der Waals surface area contributed by atoms with Crippen molar-refractivity contribution in [3.8, 4) is 11.1 Å². The first-order chi connectivity index (χ1) is 8.97. The topological polar surface area (TPSA) is 55.1 Å². The largest absolute Gasteiger partial charge is 0.351 e. The molecule has 0 fully saturated rings. The molecule has 2 aromatic rings. The van der Waals surface area contributed by atoms with E-state index in [-0.39, 0.29) is 5.69 Å². The van der Waals surface area contributed by atoms with Crippen molar-refractivity contribution in [1.29, 1.82) is 0 Å². The van der Waals surface area contributed by atoms with E-state index >= 15 is 0 Å². The van der Waals surface area contributed by atoms with Crippen LogP contribution < -0.4 is 11.1 Å². The van der Waals surface area contributed by atoms with Crippen molar-refractivity contribution >= 4 is 11.7 Å². The average Bonchev–Trinajstić information content (AvgIpc) is 2.35. The molecule has 0 unspecified atom stereocenters. The Hall–Kier alpha value is -2.36. The van der Waals surface area contributed by atoms with Crippen LogP contribution in [0.3, 0.4) is 0 Å². The van der Waals surface area contributed by atoms with E-state index in [9.17, 15) is 9.18 Å². The lowest BCUT2D eigenvalue weighted by Crippen LogP contribution is -2.19. The Morgan fingerprint density at radius 2 is 1.68 bits per heavy atom. The molecule has 0 aromatic heterocycles. The van der Waals surface area contributed by atoms with E-state index in [2.05, 4.69) is 5.32 Å². The first-order valence-corrected chi connectivity index (χ1v) is 5.91. The highest BCUT2D eigenvalue weighted by Gasteiger charge is 2.07. The number of amides is 2. The van der Waals surface area contributed by atoms with Crippen molar-refractivity contribution in [3.63, 3.8) is 0 Å². The van der Waals surface area contributed by atoms with Gasteiger partial charge in [0.1, 0.15) is 5.82 Å². The van der Waals surface area contributed by atoms with Gasteiger partial charge in [-0.1, -0.05) is 24.3 Å². The van der Waals surface area contributed by atoms with Gasteiger partial charge in [-0.3, -0.25) is 0 Å². The number of carbonyl (C=O) groups excluding carboxylic acids is 1. The van der Waals surface area contributed by atoms with Crippen molar-refractivity contribution in [2.45, 2.75) is 13.8 Å². The minimum atomic E-state index is -0.780.